The predicted octanol–water partition coefficient (Wildman–Crippen LogP) is 7.05. The molecule has 3 aromatic heterocycles. The van der Waals surface area contributed by atoms with Crippen molar-refractivity contribution < 1.29 is 38.1 Å². The van der Waals surface area contributed by atoms with Gasteiger partial charge in [0.2, 0.25) is 12.2 Å². The molecule has 1 aliphatic heterocycles. The molecule has 14 N–H and O–H groups in total. The van der Waals surface area contributed by atoms with Gasteiger partial charge in [-0.05, 0) is 87.5 Å². The molecule has 5 aromatic rings. The highest BCUT2D eigenvalue weighted by atomic mass is 16.7. The number of H-pyrrole nitrogens is 1. The third-order valence-corrected chi connectivity index (χ3v) is 7.66. The van der Waals surface area contributed by atoms with Gasteiger partial charge in [-0.1, -0.05) is 79.2 Å². The predicted molar refractivity (Wildman–Crippen MR) is 263 cm³/mol. The van der Waals surface area contributed by atoms with Gasteiger partial charge in [-0.15, -0.1) is 0 Å². The second kappa shape index (κ2) is 35.2. The molecular formula is C47H77N9O9. The Labute approximate surface area is 384 Å². The summed E-state index contributed by atoms with van der Waals surface area (Å²) in [4.78, 5) is 41.6. The Morgan fingerprint density at radius 1 is 0.954 bits per heavy atom. The summed E-state index contributed by atoms with van der Waals surface area (Å²) in [5.74, 6) is 1.13. The number of anilines is 4. The first-order valence-electron chi connectivity index (χ1n) is 21.5. The van der Waals surface area contributed by atoms with Crippen LogP contribution in [0.2, 0.25) is 0 Å². The normalized spacial score (nSPS) is 16.1. The van der Waals surface area contributed by atoms with Crippen LogP contribution in [0.3, 0.4) is 0 Å². The molecule has 364 valence electrons. The molecule has 2 aromatic carbocycles. The monoisotopic (exact) mass is 912 g/mol. The number of ether oxygens (including phenoxy) is 4. The first kappa shape index (κ1) is 60.9. The number of nitrogens with two attached hydrogens (primary N) is 5. The van der Waals surface area contributed by atoms with E-state index in [1.807, 2.05) is 90.1 Å². The highest BCUT2D eigenvalue weighted by Crippen LogP contribution is 2.35. The lowest BCUT2D eigenvalue weighted by molar-refractivity contribution is -0.304. The maximum atomic E-state index is 12.1. The molecule has 65 heavy (non-hydrogen) atoms. The Hall–Kier alpha value is -6.18. The lowest BCUT2D eigenvalue weighted by atomic mass is 9.89. The van der Waals surface area contributed by atoms with E-state index in [4.69, 9.17) is 52.0 Å². The van der Waals surface area contributed by atoms with Crippen LogP contribution in [-0.4, -0.2) is 84.0 Å². The van der Waals surface area contributed by atoms with Crippen LogP contribution in [0.5, 0.6) is 5.75 Å². The van der Waals surface area contributed by atoms with Crippen molar-refractivity contribution in [1.29, 1.82) is 0 Å². The number of aromatic nitrogens is 2. The van der Waals surface area contributed by atoms with Crippen LogP contribution in [0.25, 0.3) is 11.0 Å². The topological polar surface area (TPSA) is 304 Å². The second-order valence-corrected chi connectivity index (χ2v) is 14.0. The first-order chi connectivity index (χ1) is 30.9. The highest BCUT2D eigenvalue weighted by molar-refractivity contribution is 5.91. The van der Waals surface area contributed by atoms with Gasteiger partial charge in [0.05, 0.1) is 5.60 Å². The number of para-hydroxylation sites is 1. The second-order valence-electron chi connectivity index (χ2n) is 14.0. The summed E-state index contributed by atoms with van der Waals surface area (Å²) in [5, 5.41) is 16.1. The minimum Gasteiger partial charge on any atom is -0.462 e. The summed E-state index contributed by atoms with van der Waals surface area (Å²) in [6, 6.07) is 25.1. The zero-order valence-corrected chi connectivity index (χ0v) is 40.3. The SMILES string of the molecule is CC.CC.CC(C)N.CCCCN.CNC(=O)O[C@@H]1C(O)[C@H](Oc2ccc3cc(NC(C)=O)c(=O)oc3c2)OC(C)(C)[C@@H]1OC.Nc1ccc[nH]1.Nc1ccccc1.Nc1ccccn1. The van der Waals surface area contributed by atoms with Crippen molar-refractivity contribution in [2.75, 3.05) is 43.2 Å². The number of hydrogen-bond donors (Lipinski definition) is 9. The van der Waals surface area contributed by atoms with Gasteiger partial charge >= 0.3 is 11.7 Å². The average Bonchev–Trinajstić information content (AvgIpc) is 3.76. The van der Waals surface area contributed by atoms with E-state index in [1.165, 1.54) is 46.1 Å². The smallest absolute Gasteiger partial charge is 0.407 e. The third-order valence-electron chi connectivity index (χ3n) is 7.66. The number of nitrogens with zero attached hydrogens (tertiary/aromatic N) is 1. The number of unbranched alkanes of at least 4 members (excludes halogenated alkanes) is 1. The minimum atomic E-state index is -1.38. The minimum absolute atomic E-state index is 0.0197. The molecule has 0 spiro atoms. The van der Waals surface area contributed by atoms with E-state index >= 15 is 0 Å². The number of benzene rings is 2. The lowest BCUT2D eigenvalue weighted by Crippen LogP contribution is -2.65. The number of aliphatic hydroxyl groups is 1. The Morgan fingerprint density at radius 3 is 1.95 bits per heavy atom. The van der Waals surface area contributed by atoms with Gasteiger partial charge in [0, 0.05) is 50.6 Å². The van der Waals surface area contributed by atoms with Gasteiger partial charge in [-0.3, -0.25) is 4.79 Å². The zero-order chi connectivity index (χ0) is 50.0. The van der Waals surface area contributed by atoms with E-state index < -0.39 is 47.8 Å². The molecule has 6 rings (SSSR count). The number of amides is 2. The van der Waals surface area contributed by atoms with Gasteiger partial charge in [-0.2, -0.15) is 0 Å². The Bertz CT molecular complexity index is 1960. The quantitative estimate of drug-likeness (QED) is 0.0584. The van der Waals surface area contributed by atoms with Gasteiger partial charge in [0.1, 0.15) is 34.8 Å². The van der Waals surface area contributed by atoms with Gasteiger partial charge in [0.25, 0.3) is 0 Å². The highest BCUT2D eigenvalue weighted by Gasteiger charge is 2.53. The Morgan fingerprint density at radius 2 is 1.57 bits per heavy atom. The molecule has 1 aliphatic rings. The van der Waals surface area contributed by atoms with Crippen LogP contribution in [-0.2, 0) is 19.0 Å². The van der Waals surface area contributed by atoms with E-state index in [0.29, 0.717) is 17.2 Å². The lowest BCUT2D eigenvalue weighted by Gasteiger charge is -2.47. The van der Waals surface area contributed by atoms with Crippen molar-refractivity contribution in [3.63, 3.8) is 0 Å². The van der Waals surface area contributed by atoms with E-state index in [2.05, 4.69) is 27.5 Å². The van der Waals surface area contributed by atoms with Crippen LogP contribution >= 0.6 is 0 Å². The van der Waals surface area contributed by atoms with Crippen molar-refractivity contribution in [3.05, 3.63) is 108 Å². The number of fused-ring (bicyclic) bond motifs is 1. The summed E-state index contributed by atoms with van der Waals surface area (Å²) >= 11 is 0. The number of alkyl carbamates (subject to hydrolysis) is 1. The summed E-state index contributed by atoms with van der Waals surface area (Å²) in [7, 11) is 2.82. The number of pyridine rings is 1. The van der Waals surface area contributed by atoms with Gasteiger partial charge in [-0.25, -0.2) is 14.6 Å². The fraction of sp³-hybridized carbons (Fsp3) is 0.447. The van der Waals surface area contributed by atoms with Crippen molar-refractivity contribution in [2.24, 2.45) is 11.5 Å². The number of carbonyl (C=O) groups is 2. The number of nitrogens with one attached hydrogen (secondary N) is 3. The van der Waals surface area contributed by atoms with Crippen LogP contribution in [0, 0.1) is 0 Å². The summed E-state index contributed by atoms with van der Waals surface area (Å²) in [5.41, 5.74) is 25.4. The first-order valence-corrected chi connectivity index (χ1v) is 21.5. The Balaban J connectivity index is 0. The number of carbonyl (C=O) groups excluding carboxylic acids is 2. The molecule has 4 heterocycles. The van der Waals surface area contributed by atoms with E-state index in [-0.39, 0.29) is 17.0 Å². The fourth-order valence-corrected chi connectivity index (χ4v) is 4.94. The number of nitrogen functional groups attached to an aromatic ring is 3. The molecule has 0 radical (unpaired) electrons. The number of aromatic amines is 1. The number of hydrogen-bond acceptors (Lipinski definition) is 15. The van der Waals surface area contributed by atoms with Crippen molar-refractivity contribution >= 4 is 46.0 Å². The van der Waals surface area contributed by atoms with Crippen LogP contribution in [0.4, 0.5) is 27.8 Å². The molecule has 0 saturated carbocycles. The van der Waals surface area contributed by atoms with Gasteiger partial charge < -0.3 is 72.8 Å². The molecular weight excluding hydrogens is 835 g/mol. The number of aliphatic hydroxyl groups excluding tert-OH is 1. The zero-order valence-electron chi connectivity index (χ0n) is 40.3. The van der Waals surface area contributed by atoms with E-state index in [1.54, 1.807) is 50.5 Å². The molecule has 0 bridgehead atoms. The van der Waals surface area contributed by atoms with E-state index in [0.717, 1.165) is 18.1 Å². The standard InChI is InChI=1S/C21H26N2O9.C6H7N.C5H6N2.C4H6N2.C4H11N.C3H9N.2C2H6/c1-10(24)23-13-8-11-6-7-12(9-14(11)30-18(13)26)29-19-15(25)16(31-20(27)22-4)17(28-5)21(2,3)32-19;7-6-4-2-1-3-5-6;6-5-3-1-2-4-7-5;5-4-2-1-3-6-4;1-2-3-4-5;1-3(2)4;2*1-2/h6-9,15-17,19,25H,1-5H3,(H,22,27)(H,23,24);1-5H,7H2;1-4H,(H2,6,7);1-3,6H,5H2;2-5H2,1H3;3H,4H2,1-2H3;2*1-2H3/t15?,16-,17-,19-;;;;;;;/m1......./s1. The Kier molecular flexibility index (Phi) is 33.0. The molecule has 1 unspecified atom stereocenters. The molecule has 1 saturated heterocycles. The molecule has 1 fully saturated rings. The van der Waals surface area contributed by atoms with Crippen molar-refractivity contribution in [2.45, 2.75) is 118 Å². The largest absolute Gasteiger partial charge is 0.462 e. The van der Waals surface area contributed by atoms with Gasteiger partial charge in [0.15, 0.2) is 12.2 Å². The van der Waals surface area contributed by atoms with Crippen LogP contribution < -0.4 is 49.7 Å². The van der Waals surface area contributed by atoms with E-state index in [9.17, 15) is 19.5 Å². The van der Waals surface area contributed by atoms with Crippen molar-refractivity contribution in [1.82, 2.24) is 15.3 Å². The van der Waals surface area contributed by atoms with Crippen molar-refractivity contribution in [3.8, 4) is 5.75 Å². The fourth-order valence-electron chi connectivity index (χ4n) is 4.94. The molecule has 0 aliphatic carbocycles. The van der Waals surface area contributed by atoms with Crippen LogP contribution in [0.1, 0.15) is 82.1 Å². The summed E-state index contributed by atoms with van der Waals surface area (Å²) < 4.78 is 27.7. The molecule has 18 nitrogen and oxygen atoms in total. The maximum Gasteiger partial charge on any atom is 0.407 e. The summed E-state index contributed by atoms with van der Waals surface area (Å²) in [6.45, 7) is 19.6. The molecule has 4 atom stereocenters. The van der Waals surface area contributed by atoms with Crippen LogP contribution in [0.15, 0.2) is 107 Å². The molecule has 18 heteroatoms. The number of methoxy groups -OCH3 is 1. The molecule has 2 amide bonds. The maximum absolute atomic E-state index is 12.1. The third kappa shape index (κ3) is 26.3. The number of rotatable bonds is 7. The average molecular weight is 912 g/mol. The summed E-state index contributed by atoms with van der Waals surface area (Å²) in [6.07, 6.45) is 0.657.